The summed E-state index contributed by atoms with van der Waals surface area (Å²) in [4.78, 5) is 38.2. The SMILES string of the molecule is CC(=O)N(CCC(=O)N1CCC[C@H]1C(=O)O)Cc1ccccc1. The van der Waals surface area contributed by atoms with Crippen LogP contribution in [0, 0.1) is 0 Å². The smallest absolute Gasteiger partial charge is 0.326 e. The molecular formula is C17H22N2O4. The molecule has 6 heteroatoms. The Morgan fingerprint density at radius 3 is 2.57 bits per heavy atom. The minimum absolute atomic E-state index is 0.0992. The number of carbonyl (C=O) groups excluding carboxylic acids is 2. The van der Waals surface area contributed by atoms with Gasteiger partial charge in [0.05, 0.1) is 0 Å². The number of carbonyl (C=O) groups is 3. The number of carboxylic acids is 1. The van der Waals surface area contributed by atoms with Gasteiger partial charge in [-0.3, -0.25) is 9.59 Å². The average molecular weight is 318 g/mol. The highest BCUT2D eigenvalue weighted by Gasteiger charge is 2.33. The molecule has 1 heterocycles. The molecule has 1 saturated heterocycles. The van der Waals surface area contributed by atoms with Crippen LogP contribution in [0.2, 0.25) is 0 Å². The molecule has 1 aromatic rings. The van der Waals surface area contributed by atoms with E-state index in [4.69, 9.17) is 5.11 Å². The number of aliphatic carboxylic acids is 1. The van der Waals surface area contributed by atoms with Crippen LogP contribution in [-0.4, -0.2) is 51.8 Å². The van der Waals surface area contributed by atoms with Crippen molar-refractivity contribution in [1.29, 1.82) is 0 Å². The summed E-state index contributed by atoms with van der Waals surface area (Å²) in [6, 6.07) is 8.85. The van der Waals surface area contributed by atoms with E-state index in [-0.39, 0.29) is 18.2 Å². The van der Waals surface area contributed by atoms with Crippen LogP contribution in [0.3, 0.4) is 0 Å². The molecule has 1 aromatic carbocycles. The van der Waals surface area contributed by atoms with Gasteiger partial charge in [0.15, 0.2) is 0 Å². The molecule has 2 amide bonds. The van der Waals surface area contributed by atoms with Gasteiger partial charge in [-0.05, 0) is 18.4 Å². The Morgan fingerprint density at radius 1 is 1.26 bits per heavy atom. The van der Waals surface area contributed by atoms with Gasteiger partial charge < -0.3 is 14.9 Å². The summed E-state index contributed by atoms with van der Waals surface area (Å²) in [7, 11) is 0. The first-order valence-corrected chi connectivity index (χ1v) is 7.80. The van der Waals surface area contributed by atoms with E-state index in [1.807, 2.05) is 30.3 Å². The monoisotopic (exact) mass is 318 g/mol. The van der Waals surface area contributed by atoms with Crippen LogP contribution in [0.15, 0.2) is 30.3 Å². The van der Waals surface area contributed by atoms with E-state index in [1.54, 1.807) is 4.90 Å². The third-order valence-corrected chi connectivity index (χ3v) is 4.12. The van der Waals surface area contributed by atoms with Crippen molar-refractivity contribution in [3.63, 3.8) is 0 Å². The van der Waals surface area contributed by atoms with E-state index in [2.05, 4.69) is 0 Å². The molecule has 1 aliphatic rings. The summed E-state index contributed by atoms with van der Waals surface area (Å²) in [6.45, 7) is 2.70. The van der Waals surface area contributed by atoms with E-state index in [0.717, 1.165) is 5.56 Å². The highest BCUT2D eigenvalue weighted by atomic mass is 16.4. The molecule has 0 spiro atoms. The maximum Gasteiger partial charge on any atom is 0.326 e. The van der Waals surface area contributed by atoms with Crippen LogP contribution in [0.4, 0.5) is 0 Å². The van der Waals surface area contributed by atoms with Crippen molar-refractivity contribution in [2.75, 3.05) is 13.1 Å². The van der Waals surface area contributed by atoms with Gasteiger partial charge >= 0.3 is 5.97 Å². The molecule has 0 aromatic heterocycles. The lowest BCUT2D eigenvalue weighted by Gasteiger charge is -2.25. The van der Waals surface area contributed by atoms with Crippen molar-refractivity contribution in [2.45, 2.75) is 38.8 Å². The molecule has 1 aliphatic heterocycles. The van der Waals surface area contributed by atoms with Gasteiger partial charge in [0.1, 0.15) is 6.04 Å². The molecule has 6 nitrogen and oxygen atoms in total. The second kappa shape index (κ2) is 7.76. The van der Waals surface area contributed by atoms with Gasteiger partial charge in [-0.25, -0.2) is 4.79 Å². The third kappa shape index (κ3) is 4.55. The quantitative estimate of drug-likeness (QED) is 0.862. The van der Waals surface area contributed by atoms with Crippen LogP contribution < -0.4 is 0 Å². The fourth-order valence-corrected chi connectivity index (χ4v) is 2.85. The van der Waals surface area contributed by atoms with Gasteiger partial charge in [-0.15, -0.1) is 0 Å². The van der Waals surface area contributed by atoms with Crippen molar-refractivity contribution >= 4 is 17.8 Å². The molecule has 0 aliphatic carbocycles. The van der Waals surface area contributed by atoms with Crippen LogP contribution >= 0.6 is 0 Å². The summed E-state index contributed by atoms with van der Waals surface area (Å²) in [5.74, 6) is -1.25. The normalized spacial score (nSPS) is 17.1. The van der Waals surface area contributed by atoms with Crippen LogP contribution in [0.5, 0.6) is 0 Å². The summed E-state index contributed by atoms with van der Waals surface area (Å²) in [6.07, 6.45) is 1.36. The average Bonchev–Trinajstić information content (AvgIpc) is 3.01. The predicted molar refractivity (Wildman–Crippen MR) is 84.5 cm³/mol. The minimum Gasteiger partial charge on any atom is -0.480 e. The Hall–Kier alpha value is -2.37. The van der Waals surface area contributed by atoms with E-state index in [1.165, 1.54) is 11.8 Å². The molecule has 1 atom stereocenters. The number of hydrogen-bond acceptors (Lipinski definition) is 3. The fourth-order valence-electron chi connectivity index (χ4n) is 2.85. The van der Waals surface area contributed by atoms with Gasteiger partial charge in [-0.1, -0.05) is 30.3 Å². The molecule has 2 rings (SSSR count). The standard InChI is InChI=1S/C17H22N2O4/c1-13(20)18(12-14-6-3-2-4-7-14)11-9-16(21)19-10-5-8-15(19)17(22)23/h2-4,6-7,15H,5,8-12H2,1H3,(H,22,23)/t15-/m0/s1. The van der Waals surface area contributed by atoms with Gasteiger partial charge in [0.25, 0.3) is 0 Å². The molecule has 0 radical (unpaired) electrons. The summed E-state index contributed by atoms with van der Waals surface area (Å²) in [5.41, 5.74) is 1.000. The summed E-state index contributed by atoms with van der Waals surface area (Å²) < 4.78 is 0. The molecule has 0 unspecified atom stereocenters. The zero-order chi connectivity index (χ0) is 16.8. The fraction of sp³-hybridized carbons (Fsp3) is 0.471. The van der Waals surface area contributed by atoms with Gasteiger partial charge in [0.2, 0.25) is 11.8 Å². The highest BCUT2D eigenvalue weighted by molar-refractivity contribution is 5.84. The van der Waals surface area contributed by atoms with Crippen LogP contribution in [0.25, 0.3) is 0 Å². The van der Waals surface area contributed by atoms with Crippen LogP contribution in [0.1, 0.15) is 31.7 Å². The number of amides is 2. The molecule has 0 bridgehead atoms. The van der Waals surface area contributed by atoms with E-state index in [0.29, 0.717) is 32.5 Å². The lowest BCUT2D eigenvalue weighted by atomic mass is 10.2. The predicted octanol–water partition coefficient (Wildman–Crippen LogP) is 1.50. The van der Waals surface area contributed by atoms with E-state index >= 15 is 0 Å². The zero-order valence-corrected chi connectivity index (χ0v) is 13.3. The van der Waals surface area contributed by atoms with Crippen molar-refractivity contribution in [1.82, 2.24) is 9.80 Å². The Balaban J connectivity index is 1.92. The third-order valence-electron chi connectivity index (χ3n) is 4.12. The number of hydrogen-bond donors (Lipinski definition) is 1. The lowest BCUT2D eigenvalue weighted by molar-refractivity contribution is -0.148. The van der Waals surface area contributed by atoms with Gasteiger partial charge in [0, 0.05) is 33.0 Å². The molecule has 1 N–H and O–H groups in total. The lowest BCUT2D eigenvalue weighted by Crippen LogP contribution is -2.42. The number of benzene rings is 1. The first kappa shape index (κ1) is 17.0. The van der Waals surface area contributed by atoms with Crippen molar-refractivity contribution in [2.24, 2.45) is 0 Å². The Labute approximate surface area is 135 Å². The Morgan fingerprint density at radius 2 is 1.96 bits per heavy atom. The maximum absolute atomic E-state index is 12.3. The largest absolute Gasteiger partial charge is 0.480 e. The molecule has 124 valence electrons. The molecular weight excluding hydrogens is 296 g/mol. The van der Waals surface area contributed by atoms with Crippen molar-refractivity contribution < 1.29 is 19.5 Å². The molecule has 0 saturated carbocycles. The molecule has 1 fully saturated rings. The number of carboxylic acid groups (broad SMARTS) is 1. The number of nitrogens with zero attached hydrogens (tertiary/aromatic N) is 2. The Kier molecular flexibility index (Phi) is 5.73. The minimum atomic E-state index is -0.955. The number of rotatable bonds is 6. The second-order valence-electron chi connectivity index (χ2n) is 5.76. The highest BCUT2D eigenvalue weighted by Crippen LogP contribution is 2.18. The number of likely N-dealkylation sites (tertiary alicyclic amines) is 1. The van der Waals surface area contributed by atoms with E-state index in [9.17, 15) is 14.4 Å². The molecule has 23 heavy (non-hydrogen) atoms. The van der Waals surface area contributed by atoms with E-state index < -0.39 is 12.0 Å². The first-order valence-electron chi connectivity index (χ1n) is 7.80. The van der Waals surface area contributed by atoms with Gasteiger partial charge in [-0.2, -0.15) is 0 Å². The van der Waals surface area contributed by atoms with Crippen molar-refractivity contribution in [3.05, 3.63) is 35.9 Å². The first-order chi connectivity index (χ1) is 11.0. The summed E-state index contributed by atoms with van der Waals surface area (Å²) in [5, 5.41) is 9.13. The zero-order valence-electron chi connectivity index (χ0n) is 13.3. The topological polar surface area (TPSA) is 77.9 Å². The van der Waals surface area contributed by atoms with Crippen molar-refractivity contribution in [3.8, 4) is 0 Å². The second-order valence-corrected chi connectivity index (χ2v) is 5.76. The van der Waals surface area contributed by atoms with Crippen LogP contribution in [-0.2, 0) is 20.9 Å². The Bertz CT molecular complexity index is 573. The summed E-state index contributed by atoms with van der Waals surface area (Å²) >= 11 is 0. The maximum atomic E-state index is 12.3.